The van der Waals surface area contributed by atoms with Gasteiger partial charge in [-0.15, -0.1) is 0 Å². The van der Waals surface area contributed by atoms with E-state index >= 15 is 0 Å². The van der Waals surface area contributed by atoms with Crippen LogP contribution in [0.25, 0.3) is 11.3 Å². The highest BCUT2D eigenvalue weighted by Crippen LogP contribution is 2.27. The van der Waals surface area contributed by atoms with Gasteiger partial charge < -0.3 is 0 Å². The normalized spacial score (nSPS) is 11.6. The van der Waals surface area contributed by atoms with Crippen LogP contribution in [0.15, 0.2) is 30.3 Å². The van der Waals surface area contributed by atoms with Gasteiger partial charge in [0.15, 0.2) is 0 Å². The molecule has 19 heavy (non-hydrogen) atoms. The molecule has 0 fully saturated rings. The molecule has 0 atom stereocenters. The first-order chi connectivity index (χ1) is 8.87. The minimum absolute atomic E-state index is 0.145. The largest absolute Gasteiger partial charge is 0.232 e. The lowest BCUT2D eigenvalue weighted by molar-refractivity contribution is 0.400. The van der Waals surface area contributed by atoms with Gasteiger partial charge in [-0.1, -0.05) is 62.7 Å². The first kappa shape index (κ1) is 14.0. The molecule has 0 saturated carbocycles. The number of rotatable bonds is 2. The Kier molecular flexibility index (Phi) is 3.91. The van der Waals surface area contributed by atoms with Crippen molar-refractivity contribution in [2.45, 2.75) is 34.1 Å². The van der Waals surface area contributed by atoms with E-state index in [4.69, 9.17) is 16.6 Å². The van der Waals surface area contributed by atoms with Crippen LogP contribution in [-0.2, 0) is 6.42 Å². The zero-order valence-corrected chi connectivity index (χ0v) is 12.6. The Morgan fingerprint density at radius 1 is 1.05 bits per heavy atom. The predicted octanol–water partition coefficient (Wildman–Crippen LogP) is 4.69. The molecular weight excluding hydrogens is 256 g/mol. The second kappa shape index (κ2) is 5.30. The van der Waals surface area contributed by atoms with Gasteiger partial charge in [-0.2, -0.15) is 0 Å². The fraction of sp³-hybridized carbons (Fsp3) is 0.375. The highest BCUT2D eigenvalue weighted by molar-refractivity contribution is 6.30. The van der Waals surface area contributed by atoms with Crippen molar-refractivity contribution in [2.75, 3.05) is 0 Å². The summed E-state index contributed by atoms with van der Waals surface area (Å²) in [6, 6.07) is 10.1. The maximum atomic E-state index is 6.25. The Morgan fingerprint density at radius 2 is 1.68 bits per heavy atom. The number of nitrogens with zero attached hydrogens (tertiary/aromatic N) is 2. The Balaban J connectivity index is 2.49. The lowest BCUT2D eigenvalue weighted by atomic mass is 9.92. The van der Waals surface area contributed by atoms with Crippen molar-refractivity contribution in [2.24, 2.45) is 5.41 Å². The first-order valence-electron chi connectivity index (χ1n) is 6.45. The highest BCUT2D eigenvalue weighted by atomic mass is 35.5. The van der Waals surface area contributed by atoms with E-state index in [9.17, 15) is 0 Å². The average Bonchev–Trinajstić information content (AvgIpc) is 2.33. The van der Waals surface area contributed by atoms with Gasteiger partial charge in [0.25, 0.3) is 0 Å². The molecule has 0 bridgehead atoms. The SMILES string of the molecule is Cc1c(Cl)nc(CC(C)(C)C)nc1-c1ccccc1. The second-order valence-electron chi connectivity index (χ2n) is 6.01. The zero-order valence-electron chi connectivity index (χ0n) is 11.9. The summed E-state index contributed by atoms with van der Waals surface area (Å²) in [6.07, 6.45) is 0.812. The maximum Gasteiger partial charge on any atom is 0.136 e. The fourth-order valence-electron chi connectivity index (χ4n) is 1.96. The highest BCUT2D eigenvalue weighted by Gasteiger charge is 2.17. The van der Waals surface area contributed by atoms with E-state index < -0.39 is 0 Å². The van der Waals surface area contributed by atoms with Crippen molar-refractivity contribution in [3.05, 3.63) is 46.9 Å². The summed E-state index contributed by atoms with van der Waals surface area (Å²) in [5, 5.41) is 0.549. The number of aromatic nitrogens is 2. The van der Waals surface area contributed by atoms with Gasteiger partial charge in [0.2, 0.25) is 0 Å². The van der Waals surface area contributed by atoms with Gasteiger partial charge in [-0.3, -0.25) is 0 Å². The van der Waals surface area contributed by atoms with E-state index in [1.54, 1.807) is 0 Å². The van der Waals surface area contributed by atoms with Crippen molar-refractivity contribution >= 4 is 11.6 Å². The van der Waals surface area contributed by atoms with E-state index in [-0.39, 0.29) is 5.41 Å². The lowest BCUT2D eigenvalue weighted by Crippen LogP contribution is -2.13. The molecule has 3 heteroatoms. The van der Waals surface area contributed by atoms with E-state index in [2.05, 4.69) is 25.8 Å². The van der Waals surface area contributed by atoms with Gasteiger partial charge in [0.05, 0.1) is 5.69 Å². The van der Waals surface area contributed by atoms with Crippen LogP contribution in [0.3, 0.4) is 0 Å². The molecular formula is C16H19ClN2. The Bertz CT molecular complexity index is 571. The van der Waals surface area contributed by atoms with Gasteiger partial charge in [0, 0.05) is 17.5 Å². The Labute approximate surface area is 119 Å². The molecule has 0 aliphatic carbocycles. The van der Waals surface area contributed by atoms with Crippen molar-refractivity contribution < 1.29 is 0 Å². The molecule has 2 nitrogen and oxygen atoms in total. The van der Waals surface area contributed by atoms with Crippen molar-refractivity contribution in [3.63, 3.8) is 0 Å². The third-order valence-electron chi connectivity index (χ3n) is 2.87. The standard InChI is InChI=1S/C16H19ClN2/c1-11-14(12-8-6-5-7-9-12)18-13(19-15(11)17)10-16(2,3)4/h5-9H,10H2,1-4H3. The Hall–Kier alpha value is -1.41. The molecule has 0 saturated heterocycles. The van der Waals surface area contributed by atoms with Crippen LogP contribution in [0.4, 0.5) is 0 Å². The first-order valence-corrected chi connectivity index (χ1v) is 6.83. The van der Waals surface area contributed by atoms with Gasteiger partial charge in [0.1, 0.15) is 11.0 Å². The minimum atomic E-state index is 0.145. The Morgan fingerprint density at radius 3 is 2.26 bits per heavy atom. The molecule has 2 aromatic rings. The summed E-state index contributed by atoms with van der Waals surface area (Å²) in [5.41, 5.74) is 3.09. The smallest absolute Gasteiger partial charge is 0.136 e. The third kappa shape index (κ3) is 3.54. The average molecular weight is 275 g/mol. The van der Waals surface area contributed by atoms with E-state index in [0.29, 0.717) is 5.15 Å². The molecule has 1 heterocycles. The summed E-state index contributed by atoms with van der Waals surface area (Å²) in [7, 11) is 0. The van der Waals surface area contributed by atoms with Crippen molar-refractivity contribution in [1.82, 2.24) is 9.97 Å². The van der Waals surface area contributed by atoms with Crippen LogP contribution in [0.2, 0.25) is 5.15 Å². The molecule has 0 radical (unpaired) electrons. The summed E-state index contributed by atoms with van der Waals surface area (Å²) < 4.78 is 0. The van der Waals surface area contributed by atoms with Crippen LogP contribution in [0.1, 0.15) is 32.2 Å². The maximum absolute atomic E-state index is 6.25. The molecule has 100 valence electrons. The second-order valence-corrected chi connectivity index (χ2v) is 6.37. The fourth-order valence-corrected chi connectivity index (χ4v) is 2.15. The van der Waals surface area contributed by atoms with Crippen LogP contribution in [0.5, 0.6) is 0 Å². The molecule has 0 unspecified atom stereocenters. The summed E-state index contributed by atoms with van der Waals surface area (Å²) in [4.78, 5) is 9.09. The van der Waals surface area contributed by atoms with Gasteiger partial charge in [-0.05, 0) is 12.3 Å². The summed E-state index contributed by atoms with van der Waals surface area (Å²) >= 11 is 6.25. The van der Waals surface area contributed by atoms with Gasteiger partial charge >= 0.3 is 0 Å². The summed E-state index contributed by atoms with van der Waals surface area (Å²) in [6.45, 7) is 8.48. The number of hydrogen-bond acceptors (Lipinski definition) is 2. The van der Waals surface area contributed by atoms with E-state index in [1.165, 1.54) is 0 Å². The topological polar surface area (TPSA) is 25.8 Å². The van der Waals surface area contributed by atoms with Crippen molar-refractivity contribution in [3.8, 4) is 11.3 Å². The van der Waals surface area contributed by atoms with E-state index in [0.717, 1.165) is 29.1 Å². The lowest BCUT2D eigenvalue weighted by Gasteiger charge is -2.18. The molecule has 0 N–H and O–H groups in total. The minimum Gasteiger partial charge on any atom is -0.232 e. The van der Waals surface area contributed by atoms with Crippen LogP contribution in [-0.4, -0.2) is 9.97 Å². The quantitative estimate of drug-likeness (QED) is 0.742. The molecule has 0 spiro atoms. The predicted molar refractivity (Wildman–Crippen MR) is 80.4 cm³/mol. The molecule has 1 aromatic carbocycles. The molecule has 0 amide bonds. The van der Waals surface area contributed by atoms with E-state index in [1.807, 2.05) is 37.3 Å². The van der Waals surface area contributed by atoms with Crippen LogP contribution in [0, 0.1) is 12.3 Å². The molecule has 1 aromatic heterocycles. The molecule has 0 aliphatic rings. The number of hydrogen-bond donors (Lipinski definition) is 0. The molecule has 2 rings (SSSR count). The molecule has 0 aliphatic heterocycles. The van der Waals surface area contributed by atoms with Crippen LogP contribution >= 0.6 is 11.6 Å². The monoisotopic (exact) mass is 274 g/mol. The number of halogens is 1. The number of benzene rings is 1. The van der Waals surface area contributed by atoms with Crippen molar-refractivity contribution in [1.29, 1.82) is 0 Å². The van der Waals surface area contributed by atoms with Crippen LogP contribution < -0.4 is 0 Å². The summed E-state index contributed by atoms with van der Waals surface area (Å²) in [5.74, 6) is 0.807. The zero-order chi connectivity index (χ0) is 14.0. The third-order valence-corrected chi connectivity index (χ3v) is 3.24. The van der Waals surface area contributed by atoms with Gasteiger partial charge in [-0.25, -0.2) is 9.97 Å².